The van der Waals surface area contributed by atoms with Crippen molar-refractivity contribution in [1.29, 1.82) is 5.26 Å². The lowest BCUT2D eigenvalue weighted by molar-refractivity contribution is -0.139. The first-order valence-corrected chi connectivity index (χ1v) is 12.3. The molecule has 0 heterocycles. The van der Waals surface area contributed by atoms with Crippen molar-refractivity contribution in [3.8, 4) is 6.19 Å². The highest BCUT2D eigenvalue weighted by Gasteiger charge is 2.28. The molecule has 2 aromatic carbocycles. The van der Waals surface area contributed by atoms with Gasteiger partial charge in [-0.1, -0.05) is 47.8 Å². The second kappa shape index (κ2) is 12.9. The highest BCUT2D eigenvalue weighted by Crippen LogP contribution is 2.26. The minimum atomic E-state index is -1.22. The third kappa shape index (κ3) is 7.84. The summed E-state index contributed by atoms with van der Waals surface area (Å²) >= 11 is 12.1. The number of anilines is 1. The van der Waals surface area contributed by atoms with E-state index in [1.54, 1.807) is 36.5 Å². The van der Waals surface area contributed by atoms with E-state index in [9.17, 15) is 19.5 Å². The number of hydrogen-bond donors (Lipinski definition) is 5. The number of nitriles is 1. The number of nitrogens with zero attached hydrogens (tertiary/aromatic N) is 2. The molecule has 0 aliphatic heterocycles. The second-order valence-electron chi connectivity index (χ2n) is 8.65. The molecule has 1 aliphatic carbocycles. The molecule has 6 N–H and O–H groups in total. The lowest BCUT2D eigenvalue weighted by Gasteiger charge is -2.29. The summed E-state index contributed by atoms with van der Waals surface area (Å²) in [5.41, 5.74) is 6.86. The van der Waals surface area contributed by atoms with E-state index in [0.717, 1.165) is 19.3 Å². The number of aliphatic imine (C=N–C) groups is 1. The van der Waals surface area contributed by atoms with Crippen molar-refractivity contribution in [3.63, 3.8) is 0 Å². The zero-order chi connectivity index (χ0) is 26.9. The van der Waals surface area contributed by atoms with Gasteiger partial charge in [-0.3, -0.25) is 9.59 Å². The maximum Gasteiger partial charge on any atom is 0.326 e. The predicted octanol–water partition coefficient (Wildman–Crippen LogP) is 3.30. The van der Waals surface area contributed by atoms with Gasteiger partial charge in [0.1, 0.15) is 6.04 Å². The van der Waals surface area contributed by atoms with Crippen LogP contribution in [0.25, 0.3) is 0 Å². The molecule has 1 saturated carbocycles. The smallest absolute Gasteiger partial charge is 0.326 e. The Morgan fingerprint density at radius 3 is 2.43 bits per heavy atom. The van der Waals surface area contributed by atoms with Gasteiger partial charge in [-0.25, -0.2) is 4.79 Å². The number of halogens is 2. The zero-order valence-corrected chi connectivity index (χ0v) is 21.2. The Bertz CT molecular complexity index is 1210. The lowest BCUT2D eigenvalue weighted by atomic mass is 9.85. The zero-order valence-electron chi connectivity index (χ0n) is 19.7. The number of nitrogens with two attached hydrogens (primary N) is 1. The normalized spacial score (nSPS) is 18.2. The summed E-state index contributed by atoms with van der Waals surface area (Å²) in [6.07, 6.45) is 4.58. The van der Waals surface area contributed by atoms with E-state index in [4.69, 9.17) is 34.2 Å². The van der Waals surface area contributed by atoms with Gasteiger partial charge >= 0.3 is 5.97 Å². The second-order valence-corrected chi connectivity index (χ2v) is 9.47. The molecule has 2 aromatic rings. The quantitative estimate of drug-likeness (QED) is 0.193. The molecule has 10 nitrogen and oxygen atoms in total. The topological polar surface area (TPSA) is 170 Å². The fourth-order valence-corrected chi connectivity index (χ4v) is 4.77. The Balaban J connectivity index is 1.59. The monoisotopic (exact) mass is 544 g/mol. The number of hydrogen-bond acceptors (Lipinski definition) is 5. The van der Waals surface area contributed by atoms with Gasteiger partial charge in [0.05, 0.1) is 15.6 Å². The van der Waals surface area contributed by atoms with Crippen LogP contribution in [0.15, 0.2) is 47.5 Å². The lowest BCUT2D eigenvalue weighted by Crippen LogP contribution is -2.44. The van der Waals surface area contributed by atoms with Crippen molar-refractivity contribution >= 4 is 52.6 Å². The largest absolute Gasteiger partial charge is 0.480 e. The first-order chi connectivity index (χ1) is 17.7. The number of carboxylic acids is 1. The van der Waals surface area contributed by atoms with Gasteiger partial charge < -0.3 is 26.8 Å². The highest BCUT2D eigenvalue weighted by atomic mass is 35.5. The minimum Gasteiger partial charge on any atom is -0.480 e. The minimum absolute atomic E-state index is 0.00957. The van der Waals surface area contributed by atoms with Crippen LogP contribution in [0, 0.1) is 17.4 Å². The summed E-state index contributed by atoms with van der Waals surface area (Å²) in [4.78, 5) is 40.6. The Hall–Kier alpha value is -3.81. The SMILES string of the molecule is N#C/N=C(\N)N[C@@H]1CCC[C@@H](C(=O)Nc2ccc(C[C@H](NC(=O)c3c(Cl)cccc3Cl)C(=O)O)cc2)C1. The van der Waals surface area contributed by atoms with Crippen LogP contribution in [-0.4, -0.2) is 40.9 Å². The van der Waals surface area contributed by atoms with E-state index < -0.39 is 17.9 Å². The molecule has 0 aromatic heterocycles. The molecule has 0 spiro atoms. The number of amides is 2. The van der Waals surface area contributed by atoms with Crippen molar-refractivity contribution in [2.45, 2.75) is 44.2 Å². The highest BCUT2D eigenvalue weighted by molar-refractivity contribution is 6.39. The molecule has 12 heteroatoms. The van der Waals surface area contributed by atoms with Gasteiger partial charge in [0.25, 0.3) is 5.91 Å². The first kappa shape index (κ1) is 27.8. The maximum atomic E-state index is 12.8. The van der Waals surface area contributed by atoms with Crippen LogP contribution < -0.4 is 21.7 Å². The van der Waals surface area contributed by atoms with E-state index >= 15 is 0 Å². The van der Waals surface area contributed by atoms with Crippen LogP contribution in [0.4, 0.5) is 5.69 Å². The van der Waals surface area contributed by atoms with Crippen LogP contribution in [0.1, 0.15) is 41.6 Å². The molecule has 1 fully saturated rings. The summed E-state index contributed by atoms with van der Waals surface area (Å²) in [7, 11) is 0. The molecule has 0 saturated heterocycles. The Labute approximate surface area is 223 Å². The number of nitrogens with one attached hydrogen (secondary N) is 3. The molecule has 37 heavy (non-hydrogen) atoms. The van der Waals surface area contributed by atoms with E-state index in [1.165, 1.54) is 12.1 Å². The summed E-state index contributed by atoms with van der Waals surface area (Å²) in [6, 6.07) is 10.0. The van der Waals surface area contributed by atoms with Crippen LogP contribution in [-0.2, 0) is 16.0 Å². The van der Waals surface area contributed by atoms with Crippen LogP contribution in [0.3, 0.4) is 0 Å². The summed E-state index contributed by atoms with van der Waals surface area (Å²) in [6.45, 7) is 0. The Morgan fingerprint density at radius 1 is 1.14 bits per heavy atom. The number of carboxylic acid groups (broad SMARTS) is 1. The van der Waals surface area contributed by atoms with Gasteiger partial charge in [0, 0.05) is 24.1 Å². The molecule has 3 rings (SSSR count). The Kier molecular flexibility index (Phi) is 9.71. The van der Waals surface area contributed by atoms with Gasteiger partial charge in [0.15, 0.2) is 0 Å². The molecule has 2 amide bonds. The number of carbonyl (C=O) groups is 3. The van der Waals surface area contributed by atoms with Crippen LogP contribution >= 0.6 is 23.2 Å². The molecule has 0 bridgehead atoms. The van der Waals surface area contributed by atoms with Crippen molar-refractivity contribution in [3.05, 3.63) is 63.6 Å². The van der Waals surface area contributed by atoms with Crippen LogP contribution in [0.5, 0.6) is 0 Å². The molecule has 0 unspecified atom stereocenters. The Morgan fingerprint density at radius 2 is 1.81 bits per heavy atom. The van der Waals surface area contributed by atoms with Crippen molar-refractivity contribution in [1.82, 2.24) is 10.6 Å². The number of benzene rings is 2. The van der Waals surface area contributed by atoms with E-state index in [-0.39, 0.29) is 45.9 Å². The average Bonchev–Trinajstić information content (AvgIpc) is 2.85. The molecule has 1 aliphatic rings. The fraction of sp³-hybridized carbons (Fsp3) is 0.320. The van der Waals surface area contributed by atoms with Crippen molar-refractivity contribution < 1.29 is 19.5 Å². The molecule has 3 atom stereocenters. The van der Waals surface area contributed by atoms with Crippen molar-refractivity contribution in [2.24, 2.45) is 16.6 Å². The maximum absolute atomic E-state index is 12.8. The number of guanidine groups is 1. The predicted molar refractivity (Wildman–Crippen MR) is 140 cm³/mol. The van der Waals surface area contributed by atoms with Gasteiger partial charge in [0.2, 0.25) is 18.1 Å². The number of aliphatic carboxylic acids is 1. The number of carbonyl (C=O) groups excluding carboxylic acids is 2. The molecular formula is C25H26Cl2N6O4. The van der Waals surface area contributed by atoms with Crippen molar-refractivity contribution in [2.75, 3.05) is 5.32 Å². The first-order valence-electron chi connectivity index (χ1n) is 11.5. The van der Waals surface area contributed by atoms with E-state index in [1.807, 2.05) is 0 Å². The van der Waals surface area contributed by atoms with Crippen LogP contribution in [0.2, 0.25) is 10.0 Å². The summed E-state index contributed by atoms with van der Waals surface area (Å²) < 4.78 is 0. The molecule has 0 radical (unpaired) electrons. The summed E-state index contributed by atoms with van der Waals surface area (Å²) in [5, 5.41) is 26.8. The summed E-state index contributed by atoms with van der Waals surface area (Å²) in [5.74, 6) is -2.23. The number of rotatable bonds is 8. The molecular weight excluding hydrogens is 519 g/mol. The third-order valence-electron chi connectivity index (χ3n) is 6.02. The standard InChI is InChI=1S/C25H26Cl2N6O4/c26-18-5-2-6-19(27)21(18)23(35)33-20(24(36)37)11-14-7-9-16(10-8-14)31-22(34)15-3-1-4-17(12-15)32-25(29)30-13-28/h2,5-10,15,17,20H,1,3-4,11-12H2,(H,31,34)(H,33,35)(H,36,37)(H3,29,30,32)/t15-,17-,20+/m1/s1. The van der Waals surface area contributed by atoms with Gasteiger partial charge in [-0.2, -0.15) is 5.26 Å². The van der Waals surface area contributed by atoms with Gasteiger partial charge in [-0.05, 0) is 49.1 Å². The average molecular weight is 545 g/mol. The van der Waals surface area contributed by atoms with Gasteiger partial charge in [-0.15, -0.1) is 4.99 Å². The molecule has 194 valence electrons. The third-order valence-corrected chi connectivity index (χ3v) is 6.65. The fourth-order valence-electron chi connectivity index (χ4n) is 4.20. The van der Waals surface area contributed by atoms with E-state index in [0.29, 0.717) is 17.7 Å². The van der Waals surface area contributed by atoms with E-state index in [2.05, 4.69) is 20.9 Å².